The number of hydrogen-bond donors (Lipinski definition) is 4. The molecule has 1 heterocycles. The van der Waals surface area contributed by atoms with E-state index in [0.29, 0.717) is 25.6 Å². The Kier molecular flexibility index (Phi) is 17.8. The summed E-state index contributed by atoms with van der Waals surface area (Å²) in [5, 5.41) is 35.6. The Morgan fingerprint density at radius 3 is 2.41 bits per heavy atom. The molecule has 1 unspecified atom stereocenters. The van der Waals surface area contributed by atoms with Gasteiger partial charge in [-0.1, -0.05) is 99.7 Å². The second-order valence-electron chi connectivity index (χ2n) is 13.7. The van der Waals surface area contributed by atoms with Gasteiger partial charge in [0.05, 0.1) is 25.4 Å². The fourth-order valence-electron chi connectivity index (χ4n) is 6.75. The standard InChI is InChI=1S/C39H60N2O8/c1-2-3-4-13-24-41(27-34(42)36(44)37-35(43)29-47-38(49-37)32-17-9-6-10-18-32)25-26-46-33-21-19-30(20-22-33)14-11-12-23-40-39(45)48-28-31-15-7-5-8-16-31/h5-10,15-18,30,33-38,42-44H,2-4,11-14,19-29H2,1H3,(H,40,45)/t30?,33?,34-,35+,36+,37+,38?/m0/s1. The van der Waals surface area contributed by atoms with E-state index in [1.165, 1.54) is 6.42 Å². The molecule has 1 saturated heterocycles. The number of nitrogens with zero attached hydrogens (tertiary/aromatic N) is 1. The Morgan fingerprint density at radius 1 is 0.939 bits per heavy atom. The molecule has 2 aromatic carbocycles. The number of aliphatic hydroxyl groups is 3. The average Bonchev–Trinajstić information content (AvgIpc) is 3.13. The fraction of sp³-hybridized carbons (Fsp3) is 0.667. The van der Waals surface area contributed by atoms with Gasteiger partial charge in [-0.2, -0.15) is 0 Å². The maximum Gasteiger partial charge on any atom is 0.407 e. The summed E-state index contributed by atoms with van der Waals surface area (Å²) < 4.78 is 23.2. The smallest absolute Gasteiger partial charge is 0.407 e. The third kappa shape index (κ3) is 14.3. The first kappa shape index (κ1) is 39.2. The molecule has 1 saturated carbocycles. The van der Waals surface area contributed by atoms with E-state index in [1.807, 2.05) is 60.7 Å². The van der Waals surface area contributed by atoms with Crippen molar-refractivity contribution < 1.29 is 39.1 Å². The second kappa shape index (κ2) is 22.3. The van der Waals surface area contributed by atoms with Crippen molar-refractivity contribution in [1.82, 2.24) is 10.2 Å². The highest BCUT2D eigenvalue weighted by molar-refractivity contribution is 5.67. The van der Waals surface area contributed by atoms with E-state index in [9.17, 15) is 20.1 Å². The third-order valence-electron chi connectivity index (χ3n) is 9.73. The lowest BCUT2D eigenvalue weighted by molar-refractivity contribution is -0.283. The topological polar surface area (TPSA) is 130 Å². The number of unbranched alkanes of at least 4 members (excludes halogenated alkanes) is 4. The van der Waals surface area contributed by atoms with E-state index in [-0.39, 0.29) is 32.0 Å². The van der Waals surface area contributed by atoms with Gasteiger partial charge in [-0.25, -0.2) is 4.79 Å². The number of carbonyl (C=O) groups is 1. The SMILES string of the molecule is CCCCCCN(CCOC1CCC(CCCCNC(=O)OCc2ccccc2)CC1)C[C@H](O)[C@@H](O)[C@@H]1OC(c2ccccc2)OC[C@H]1O. The van der Waals surface area contributed by atoms with Gasteiger partial charge in [-0.05, 0) is 56.6 Å². The Balaban J connectivity index is 1.11. The van der Waals surface area contributed by atoms with Gasteiger partial charge in [0.25, 0.3) is 0 Å². The zero-order valence-corrected chi connectivity index (χ0v) is 29.4. The van der Waals surface area contributed by atoms with E-state index < -0.39 is 30.7 Å². The van der Waals surface area contributed by atoms with Crippen molar-refractivity contribution >= 4 is 6.09 Å². The van der Waals surface area contributed by atoms with Crippen LogP contribution >= 0.6 is 0 Å². The molecule has 0 radical (unpaired) electrons. The van der Waals surface area contributed by atoms with E-state index in [2.05, 4.69) is 17.1 Å². The van der Waals surface area contributed by atoms with Gasteiger partial charge in [0.1, 0.15) is 24.9 Å². The fourth-order valence-corrected chi connectivity index (χ4v) is 6.75. The van der Waals surface area contributed by atoms with E-state index >= 15 is 0 Å². The van der Waals surface area contributed by atoms with Crippen LogP contribution in [0.5, 0.6) is 0 Å². The lowest BCUT2D eigenvalue weighted by Crippen LogP contribution is -2.54. The predicted octanol–water partition coefficient (Wildman–Crippen LogP) is 5.74. The Hall–Kier alpha value is -2.57. The molecule has 1 aliphatic carbocycles. The Morgan fingerprint density at radius 2 is 1.67 bits per heavy atom. The van der Waals surface area contributed by atoms with Gasteiger partial charge in [0.2, 0.25) is 0 Å². The molecular weight excluding hydrogens is 624 g/mol. The summed E-state index contributed by atoms with van der Waals surface area (Å²) in [6.45, 7) is 5.44. The van der Waals surface area contributed by atoms with Crippen LogP contribution < -0.4 is 5.32 Å². The van der Waals surface area contributed by atoms with Crippen LogP contribution in [0.4, 0.5) is 4.79 Å². The molecule has 2 aliphatic rings. The van der Waals surface area contributed by atoms with Gasteiger partial charge in [-0.15, -0.1) is 0 Å². The first-order valence-corrected chi connectivity index (χ1v) is 18.6. The molecular formula is C39H60N2O8. The summed E-state index contributed by atoms with van der Waals surface area (Å²) in [5.74, 6) is 0.695. The molecule has 274 valence electrons. The van der Waals surface area contributed by atoms with Crippen molar-refractivity contribution in [2.45, 2.75) is 121 Å². The minimum Gasteiger partial charge on any atom is -0.445 e. The largest absolute Gasteiger partial charge is 0.445 e. The molecule has 2 fully saturated rings. The first-order chi connectivity index (χ1) is 23.9. The zero-order valence-electron chi connectivity index (χ0n) is 29.4. The van der Waals surface area contributed by atoms with Crippen molar-refractivity contribution in [3.63, 3.8) is 0 Å². The van der Waals surface area contributed by atoms with Gasteiger partial charge in [-0.3, -0.25) is 4.90 Å². The highest BCUT2D eigenvalue weighted by atomic mass is 16.7. The molecule has 1 aliphatic heterocycles. The molecule has 1 amide bonds. The van der Waals surface area contributed by atoms with Crippen molar-refractivity contribution in [3.8, 4) is 0 Å². The number of nitrogens with one attached hydrogen (secondary N) is 1. The number of amides is 1. The van der Waals surface area contributed by atoms with E-state index in [1.54, 1.807) is 0 Å². The highest BCUT2D eigenvalue weighted by Gasteiger charge is 2.39. The van der Waals surface area contributed by atoms with Gasteiger partial charge < -0.3 is 39.6 Å². The lowest BCUT2D eigenvalue weighted by atomic mass is 9.84. The molecule has 4 N–H and O–H groups in total. The molecule has 4 rings (SSSR count). The van der Waals surface area contributed by atoms with E-state index in [0.717, 1.165) is 81.9 Å². The number of alkyl carbamates (subject to hydrolysis) is 1. The molecule has 2 aromatic rings. The molecule has 0 aromatic heterocycles. The van der Waals surface area contributed by atoms with Gasteiger partial charge >= 0.3 is 6.09 Å². The summed E-state index contributed by atoms with van der Waals surface area (Å²) in [7, 11) is 0. The maximum atomic E-state index is 11.9. The van der Waals surface area contributed by atoms with Gasteiger partial charge in [0.15, 0.2) is 6.29 Å². The van der Waals surface area contributed by atoms with Crippen LogP contribution in [0.25, 0.3) is 0 Å². The quantitative estimate of drug-likeness (QED) is 0.122. The minimum absolute atomic E-state index is 0.0219. The van der Waals surface area contributed by atoms with Crippen molar-refractivity contribution in [3.05, 3.63) is 71.8 Å². The number of hydrogen-bond acceptors (Lipinski definition) is 9. The summed E-state index contributed by atoms with van der Waals surface area (Å²) in [6.07, 6.45) is 6.87. The average molecular weight is 685 g/mol. The number of aliphatic hydroxyl groups excluding tert-OH is 3. The van der Waals surface area contributed by atoms with Crippen molar-refractivity contribution in [2.24, 2.45) is 5.92 Å². The normalized spacial score (nSPS) is 24.0. The maximum absolute atomic E-state index is 11.9. The first-order valence-electron chi connectivity index (χ1n) is 18.6. The Labute approximate surface area is 293 Å². The van der Waals surface area contributed by atoms with Crippen LogP contribution in [0.15, 0.2) is 60.7 Å². The van der Waals surface area contributed by atoms with Crippen LogP contribution in [0.1, 0.15) is 95.0 Å². The van der Waals surface area contributed by atoms with Crippen molar-refractivity contribution in [1.29, 1.82) is 0 Å². The van der Waals surface area contributed by atoms with Crippen LogP contribution in [-0.4, -0.2) is 96.2 Å². The summed E-state index contributed by atoms with van der Waals surface area (Å²) >= 11 is 0. The number of benzene rings is 2. The lowest BCUT2D eigenvalue weighted by Gasteiger charge is -2.38. The number of carbonyl (C=O) groups excluding carboxylic acids is 1. The summed E-state index contributed by atoms with van der Waals surface area (Å²) in [5.41, 5.74) is 1.78. The minimum atomic E-state index is -1.26. The van der Waals surface area contributed by atoms with Crippen LogP contribution in [-0.2, 0) is 25.6 Å². The molecule has 0 bridgehead atoms. The van der Waals surface area contributed by atoms with E-state index in [4.69, 9.17) is 18.9 Å². The molecule has 10 heteroatoms. The second-order valence-corrected chi connectivity index (χ2v) is 13.7. The Bertz CT molecular complexity index is 1150. The monoisotopic (exact) mass is 684 g/mol. The molecule has 0 spiro atoms. The molecule has 49 heavy (non-hydrogen) atoms. The molecule has 5 atom stereocenters. The predicted molar refractivity (Wildman–Crippen MR) is 189 cm³/mol. The summed E-state index contributed by atoms with van der Waals surface area (Å²) in [4.78, 5) is 14.1. The van der Waals surface area contributed by atoms with Gasteiger partial charge in [0, 0.05) is 25.2 Å². The van der Waals surface area contributed by atoms with Crippen LogP contribution in [0.3, 0.4) is 0 Å². The summed E-state index contributed by atoms with van der Waals surface area (Å²) in [6, 6.07) is 19.1. The number of ether oxygens (including phenoxy) is 4. The third-order valence-corrected chi connectivity index (χ3v) is 9.73. The molecule has 10 nitrogen and oxygen atoms in total. The van der Waals surface area contributed by atoms with Crippen LogP contribution in [0, 0.1) is 5.92 Å². The van der Waals surface area contributed by atoms with Crippen LogP contribution in [0.2, 0.25) is 0 Å². The zero-order chi connectivity index (χ0) is 34.7. The highest BCUT2D eigenvalue weighted by Crippen LogP contribution is 2.30. The number of rotatable bonds is 21. The van der Waals surface area contributed by atoms with Crippen molar-refractivity contribution in [2.75, 3.05) is 39.4 Å².